The lowest BCUT2D eigenvalue weighted by molar-refractivity contribution is 0.414. The van der Waals surface area contributed by atoms with E-state index in [0.717, 1.165) is 11.7 Å². The fraction of sp³-hybridized carbons (Fsp3) is 0.538. The fourth-order valence-corrected chi connectivity index (χ4v) is 3.13. The topological polar surface area (TPSA) is 21.3 Å². The molecule has 0 radical (unpaired) electrons. The Hall–Kier alpha value is -0.670. The van der Waals surface area contributed by atoms with Crippen molar-refractivity contribution in [2.24, 2.45) is 5.92 Å². The Bertz CT molecular complexity index is 348. The third-order valence-corrected chi connectivity index (χ3v) is 4.43. The van der Waals surface area contributed by atoms with Crippen LogP contribution in [0.2, 0.25) is 0 Å². The lowest BCUT2D eigenvalue weighted by atomic mass is 10.2. The molecular formula is C13H19NOS. The lowest BCUT2D eigenvalue weighted by Gasteiger charge is -2.10. The molecule has 0 aromatic heterocycles. The Balaban J connectivity index is 1.93. The Morgan fingerprint density at radius 1 is 1.50 bits per heavy atom. The summed E-state index contributed by atoms with van der Waals surface area (Å²) in [6.45, 7) is 4.52. The minimum atomic E-state index is 0.839. The highest BCUT2D eigenvalue weighted by Gasteiger charge is 2.14. The number of thioether (sulfide) groups is 1. The Morgan fingerprint density at radius 3 is 3.00 bits per heavy atom. The molecule has 1 aromatic rings. The van der Waals surface area contributed by atoms with E-state index < -0.39 is 0 Å². The van der Waals surface area contributed by atoms with Gasteiger partial charge in [0.05, 0.1) is 7.11 Å². The fourth-order valence-electron chi connectivity index (χ4n) is 1.98. The minimum Gasteiger partial charge on any atom is -0.497 e. The summed E-state index contributed by atoms with van der Waals surface area (Å²) in [5, 5.41) is 3.41. The number of benzene rings is 1. The van der Waals surface area contributed by atoms with Crippen LogP contribution >= 0.6 is 11.8 Å². The second kappa shape index (κ2) is 5.60. The second-order valence-electron chi connectivity index (χ2n) is 4.30. The highest BCUT2D eigenvalue weighted by atomic mass is 32.2. The van der Waals surface area contributed by atoms with E-state index in [1.54, 1.807) is 7.11 Å². The molecule has 88 valence electrons. The SMILES string of the molecule is COc1ccc(SCC2CCNC2)c(C)c1. The number of aryl methyl sites for hydroxylation is 1. The molecule has 1 aliphatic heterocycles. The summed E-state index contributed by atoms with van der Waals surface area (Å²) in [5.74, 6) is 3.01. The van der Waals surface area contributed by atoms with Crippen molar-refractivity contribution in [2.75, 3.05) is 26.0 Å². The number of methoxy groups -OCH3 is 1. The van der Waals surface area contributed by atoms with Gasteiger partial charge in [0.25, 0.3) is 0 Å². The van der Waals surface area contributed by atoms with E-state index in [2.05, 4.69) is 24.4 Å². The van der Waals surface area contributed by atoms with Gasteiger partial charge >= 0.3 is 0 Å². The predicted molar refractivity (Wildman–Crippen MR) is 69.4 cm³/mol. The van der Waals surface area contributed by atoms with Crippen LogP contribution in [-0.4, -0.2) is 26.0 Å². The molecule has 1 aromatic carbocycles. The van der Waals surface area contributed by atoms with Gasteiger partial charge in [-0.15, -0.1) is 11.8 Å². The molecule has 1 aliphatic rings. The zero-order valence-corrected chi connectivity index (χ0v) is 10.8. The molecule has 0 bridgehead atoms. The van der Waals surface area contributed by atoms with Crippen molar-refractivity contribution in [1.82, 2.24) is 5.32 Å². The normalized spacial score (nSPS) is 20.0. The van der Waals surface area contributed by atoms with Crippen LogP contribution in [0.3, 0.4) is 0 Å². The summed E-state index contributed by atoms with van der Waals surface area (Å²) >= 11 is 1.97. The van der Waals surface area contributed by atoms with Crippen molar-refractivity contribution < 1.29 is 4.74 Å². The molecule has 2 nitrogen and oxygen atoms in total. The van der Waals surface area contributed by atoms with E-state index >= 15 is 0 Å². The van der Waals surface area contributed by atoms with Crippen molar-refractivity contribution in [3.63, 3.8) is 0 Å². The summed E-state index contributed by atoms with van der Waals surface area (Å²) < 4.78 is 5.21. The van der Waals surface area contributed by atoms with Crippen molar-refractivity contribution in [3.8, 4) is 5.75 Å². The van der Waals surface area contributed by atoms with Gasteiger partial charge in [-0.3, -0.25) is 0 Å². The molecule has 16 heavy (non-hydrogen) atoms. The van der Waals surface area contributed by atoms with Gasteiger partial charge in [-0.25, -0.2) is 0 Å². The molecule has 0 amide bonds. The molecule has 0 spiro atoms. The average Bonchev–Trinajstić information content (AvgIpc) is 2.80. The maximum Gasteiger partial charge on any atom is 0.119 e. The molecular weight excluding hydrogens is 218 g/mol. The Morgan fingerprint density at radius 2 is 2.38 bits per heavy atom. The first-order chi connectivity index (χ1) is 7.79. The van der Waals surface area contributed by atoms with E-state index in [1.165, 1.54) is 35.7 Å². The van der Waals surface area contributed by atoms with Gasteiger partial charge < -0.3 is 10.1 Å². The third kappa shape index (κ3) is 2.92. The van der Waals surface area contributed by atoms with Gasteiger partial charge in [0, 0.05) is 10.6 Å². The van der Waals surface area contributed by atoms with Gasteiger partial charge in [0.15, 0.2) is 0 Å². The smallest absolute Gasteiger partial charge is 0.119 e. The van der Waals surface area contributed by atoms with E-state index in [1.807, 2.05) is 17.8 Å². The summed E-state index contributed by atoms with van der Waals surface area (Å²) in [6.07, 6.45) is 1.32. The van der Waals surface area contributed by atoms with Crippen molar-refractivity contribution in [2.45, 2.75) is 18.2 Å². The van der Waals surface area contributed by atoms with Crippen LogP contribution in [0, 0.1) is 12.8 Å². The number of hydrogen-bond acceptors (Lipinski definition) is 3. The van der Waals surface area contributed by atoms with Gasteiger partial charge in [-0.05, 0) is 56.1 Å². The summed E-state index contributed by atoms with van der Waals surface area (Å²) in [7, 11) is 1.71. The first kappa shape index (κ1) is 11.8. The van der Waals surface area contributed by atoms with Gasteiger partial charge in [0.2, 0.25) is 0 Å². The van der Waals surface area contributed by atoms with Crippen LogP contribution in [0.25, 0.3) is 0 Å². The van der Waals surface area contributed by atoms with E-state index in [4.69, 9.17) is 4.74 Å². The van der Waals surface area contributed by atoms with Crippen LogP contribution in [0.5, 0.6) is 5.75 Å². The molecule has 1 fully saturated rings. The molecule has 2 rings (SSSR count). The Kier molecular flexibility index (Phi) is 4.13. The van der Waals surface area contributed by atoms with Crippen molar-refractivity contribution >= 4 is 11.8 Å². The standard InChI is InChI=1S/C13H19NOS/c1-10-7-12(15-2)3-4-13(10)16-9-11-5-6-14-8-11/h3-4,7,11,14H,5-6,8-9H2,1-2H3. The molecule has 0 aliphatic carbocycles. The lowest BCUT2D eigenvalue weighted by Crippen LogP contribution is -2.10. The van der Waals surface area contributed by atoms with Gasteiger partial charge in [-0.2, -0.15) is 0 Å². The van der Waals surface area contributed by atoms with Crippen LogP contribution in [0.4, 0.5) is 0 Å². The highest BCUT2D eigenvalue weighted by Crippen LogP contribution is 2.28. The summed E-state index contributed by atoms with van der Waals surface area (Å²) in [4.78, 5) is 1.38. The van der Waals surface area contributed by atoms with Crippen LogP contribution in [0.1, 0.15) is 12.0 Å². The van der Waals surface area contributed by atoms with Crippen LogP contribution < -0.4 is 10.1 Å². The molecule has 1 unspecified atom stereocenters. The van der Waals surface area contributed by atoms with Crippen LogP contribution in [0.15, 0.2) is 23.1 Å². The van der Waals surface area contributed by atoms with Crippen LogP contribution in [-0.2, 0) is 0 Å². The van der Waals surface area contributed by atoms with Gasteiger partial charge in [0.1, 0.15) is 5.75 Å². The number of nitrogens with one attached hydrogen (secondary N) is 1. The molecule has 1 N–H and O–H groups in total. The maximum absolute atomic E-state index is 5.21. The van der Waals surface area contributed by atoms with Crippen molar-refractivity contribution in [1.29, 1.82) is 0 Å². The summed E-state index contributed by atoms with van der Waals surface area (Å²) in [6, 6.07) is 6.32. The monoisotopic (exact) mass is 237 g/mol. The average molecular weight is 237 g/mol. The zero-order valence-electron chi connectivity index (χ0n) is 9.95. The number of rotatable bonds is 4. The highest BCUT2D eigenvalue weighted by molar-refractivity contribution is 7.99. The molecule has 1 atom stereocenters. The molecule has 1 saturated heterocycles. The zero-order chi connectivity index (χ0) is 11.4. The second-order valence-corrected chi connectivity index (χ2v) is 5.36. The number of hydrogen-bond donors (Lipinski definition) is 1. The van der Waals surface area contributed by atoms with Gasteiger partial charge in [-0.1, -0.05) is 0 Å². The molecule has 1 heterocycles. The Labute approximate surface area is 102 Å². The molecule has 0 saturated carbocycles. The first-order valence-corrected chi connectivity index (χ1v) is 6.76. The van der Waals surface area contributed by atoms with E-state index in [-0.39, 0.29) is 0 Å². The first-order valence-electron chi connectivity index (χ1n) is 5.78. The predicted octanol–water partition coefficient (Wildman–Crippen LogP) is 2.71. The quantitative estimate of drug-likeness (QED) is 0.814. The number of ether oxygens (including phenoxy) is 1. The van der Waals surface area contributed by atoms with Crippen molar-refractivity contribution in [3.05, 3.63) is 23.8 Å². The third-order valence-electron chi connectivity index (χ3n) is 3.02. The van der Waals surface area contributed by atoms with E-state index in [9.17, 15) is 0 Å². The minimum absolute atomic E-state index is 0.839. The van der Waals surface area contributed by atoms with E-state index in [0.29, 0.717) is 0 Å². The largest absolute Gasteiger partial charge is 0.497 e. The maximum atomic E-state index is 5.21. The summed E-state index contributed by atoms with van der Waals surface area (Å²) in [5.41, 5.74) is 1.32. The molecule has 3 heteroatoms.